The van der Waals surface area contributed by atoms with Crippen LogP contribution < -0.4 is 30.2 Å². The topological polar surface area (TPSA) is 183 Å². The van der Waals surface area contributed by atoms with E-state index in [4.69, 9.17) is 30.9 Å². The number of rotatable bonds is 11. The molecule has 1 saturated carbocycles. The molecular weight excluding hydrogens is 784 g/mol. The predicted molar refractivity (Wildman–Crippen MR) is 227 cm³/mol. The molecule has 3 aromatic heterocycles. The molecule has 2 aliphatic rings. The summed E-state index contributed by atoms with van der Waals surface area (Å²) in [7, 11) is 3.79. The van der Waals surface area contributed by atoms with Crippen LogP contribution in [0.3, 0.4) is 0 Å². The number of carbonyl (C=O) groups excluding carboxylic acids is 2. The number of amides is 2. The number of aryl methyl sites for hydroxylation is 2. The summed E-state index contributed by atoms with van der Waals surface area (Å²) in [6, 6.07) is 16.7. The minimum absolute atomic E-state index is 0.0938. The van der Waals surface area contributed by atoms with Gasteiger partial charge < -0.3 is 30.2 Å². The summed E-state index contributed by atoms with van der Waals surface area (Å²) in [5, 5.41) is 29.4. The van der Waals surface area contributed by atoms with Crippen molar-refractivity contribution in [1.82, 2.24) is 34.8 Å². The van der Waals surface area contributed by atoms with Crippen LogP contribution in [0.15, 0.2) is 73.3 Å². The molecule has 0 radical (unpaired) electrons. The average Bonchev–Trinajstić information content (AvgIpc) is 3.75. The van der Waals surface area contributed by atoms with Crippen LogP contribution in [-0.4, -0.2) is 72.7 Å². The SMILES string of the molecule is CC1CC(=O)Nc2cc(OCCOc3ncc(C(=O)NC4C(C)(C)C(Oc5ccc(C#N)c(Cl)c5)C4(C)C)cn3)cc(-c3ccc4c(c3)c(-c3cnn(C)c3)nn4C)c2N1. The zero-order valence-corrected chi connectivity index (χ0v) is 35.1. The number of anilines is 2. The van der Waals surface area contributed by atoms with Gasteiger partial charge >= 0.3 is 6.01 Å². The quantitative estimate of drug-likeness (QED) is 0.113. The van der Waals surface area contributed by atoms with E-state index in [0.717, 1.165) is 39.0 Å². The fourth-order valence-electron chi connectivity index (χ4n) is 8.76. The van der Waals surface area contributed by atoms with E-state index in [-0.39, 0.29) is 54.8 Å². The summed E-state index contributed by atoms with van der Waals surface area (Å²) >= 11 is 6.24. The number of benzene rings is 3. The van der Waals surface area contributed by atoms with Crippen LogP contribution in [0, 0.1) is 22.2 Å². The van der Waals surface area contributed by atoms with E-state index in [2.05, 4.69) is 43.2 Å². The van der Waals surface area contributed by atoms with Crippen molar-refractivity contribution in [2.75, 3.05) is 23.8 Å². The Balaban J connectivity index is 0.926. The van der Waals surface area contributed by atoms with E-state index in [1.54, 1.807) is 35.1 Å². The van der Waals surface area contributed by atoms with Gasteiger partial charge in [0.25, 0.3) is 5.91 Å². The number of halogens is 1. The van der Waals surface area contributed by atoms with Gasteiger partial charge in [-0.15, -0.1) is 0 Å². The van der Waals surface area contributed by atoms with Gasteiger partial charge in [-0.05, 0) is 42.8 Å². The minimum Gasteiger partial charge on any atom is -0.490 e. The monoisotopic (exact) mass is 828 g/mol. The highest BCUT2D eigenvalue weighted by atomic mass is 35.5. The maximum atomic E-state index is 13.4. The maximum absolute atomic E-state index is 13.4. The Morgan fingerprint density at radius 1 is 0.983 bits per heavy atom. The summed E-state index contributed by atoms with van der Waals surface area (Å²) in [5.41, 5.74) is 5.68. The van der Waals surface area contributed by atoms with Gasteiger partial charge in [-0.2, -0.15) is 15.5 Å². The van der Waals surface area contributed by atoms with Gasteiger partial charge in [0.1, 0.15) is 42.6 Å². The Bertz CT molecular complexity index is 2670. The van der Waals surface area contributed by atoms with E-state index in [1.807, 2.05) is 77.8 Å². The van der Waals surface area contributed by atoms with Crippen molar-refractivity contribution in [3.8, 4) is 46.0 Å². The summed E-state index contributed by atoms with van der Waals surface area (Å²) in [4.78, 5) is 34.8. The molecule has 16 heteroatoms. The molecule has 8 rings (SSSR count). The van der Waals surface area contributed by atoms with Gasteiger partial charge in [-0.25, -0.2) is 9.97 Å². The first-order chi connectivity index (χ1) is 28.6. The van der Waals surface area contributed by atoms with Crippen LogP contribution in [0.25, 0.3) is 33.3 Å². The number of ether oxygens (including phenoxy) is 3. The molecule has 2 amide bonds. The molecule has 0 saturated heterocycles. The lowest BCUT2D eigenvalue weighted by Crippen LogP contribution is -2.74. The second-order valence-corrected chi connectivity index (χ2v) is 17.0. The van der Waals surface area contributed by atoms with Gasteiger partial charge in [0.2, 0.25) is 5.91 Å². The Labute approximate surface area is 352 Å². The molecule has 1 aliphatic heterocycles. The van der Waals surface area contributed by atoms with E-state index < -0.39 is 10.8 Å². The number of nitrogens with one attached hydrogen (secondary N) is 3. The third-order valence-corrected chi connectivity index (χ3v) is 11.6. The van der Waals surface area contributed by atoms with E-state index in [1.165, 1.54) is 12.4 Å². The molecule has 1 unspecified atom stereocenters. The van der Waals surface area contributed by atoms with Gasteiger partial charge in [-0.1, -0.05) is 45.4 Å². The first-order valence-corrected chi connectivity index (χ1v) is 20.0. The molecule has 1 atom stereocenters. The number of nitrogens with zero attached hydrogens (tertiary/aromatic N) is 7. The fourth-order valence-corrected chi connectivity index (χ4v) is 8.97. The van der Waals surface area contributed by atoms with Gasteiger partial charge in [0.05, 0.1) is 39.2 Å². The summed E-state index contributed by atoms with van der Waals surface area (Å²) in [6.45, 7) is 10.4. The molecule has 0 bridgehead atoms. The number of aromatic nitrogens is 6. The molecule has 15 nitrogen and oxygen atoms in total. The first-order valence-electron chi connectivity index (χ1n) is 19.6. The fraction of sp³-hybridized carbons (Fsp3) is 0.341. The molecule has 1 aliphatic carbocycles. The zero-order valence-electron chi connectivity index (χ0n) is 34.3. The van der Waals surface area contributed by atoms with Crippen molar-refractivity contribution in [3.63, 3.8) is 0 Å². The largest absolute Gasteiger partial charge is 0.490 e. The van der Waals surface area contributed by atoms with Gasteiger partial charge in [0, 0.05) is 90.7 Å². The van der Waals surface area contributed by atoms with Crippen LogP contribution in [0.4, 0.5) is 11.4 Å². The molecule has 3 N–H and O–H groups in total. The summed E-state index contributed by atoms with van der Waals surface area (Å²) in [5.74, 6) is 0.676. The van der Waals surface area contributed by atoms with Crippen LogP contribution in [0.2, 0.25) is 5.02 Å². The number of nitriles is 1. The molecule has 1 fully saturated rings. The molecule has 3 aromatic carbocycles. The van der Waals surface area contributed by atoms with Gasteiger partial charge in [0.15, 0.2) is 0 Å². The Morgan fingerprint density at radius 2 is 1.73 bits per heavy atom. The smallest absolute Gasteiger partial charge is 0.316 e. The highest BCUT2D eigenvalue weighted by Gasteiger charge is 2.64. The lowest BCUT2D eigenvalue weighted by Gasteiger charge is -2.63. The summed E-state index contributed by atoms with van der Waals surface area (Å²) < 4.78 is 21.9. The number of fused-ring (bicyclic) bond motifs is 2. The standard InChI is InChI=1S/C44H45ClN10O5/c1-24-14-36(56)51-34-18-30(16-31(38(34)50-24)25-9-11-35-32(15-25)37(53-55(35)7)28-22-49-54(6)23-28)58-12-13-59-42-47-20-27(21-48-42)39(57)52-40-43(2,3)41(44(40,4)5)60-29-10-8-26(19-46)33(45)17-29/h8-11,15-18,20-24,40-41,50H,12-14H2,1-7H3,(H,51,56)(H,52,57). The van der Waals surface area contributed by atoms with E-state index >= 15 is 0 Å². The lowest BCUT2D eigenvalue weighted by molar-refractivity contribution is -0.164. The highest BCUT2D eigenvalue weighted by Crippen LogP contribution is 2.55. The van der Waals surface area contributed by atoms with E-state index in [0.29, 0.717) is 34.2 Å². The minimum atomic E-state index is -0.432. The lowest BCUT2D eigenvalue weighted by atomic mass is 9.49. The molecule has 4 heterocycles. The molecule has 0 spiro atoms. The van der Waals surface area contributed by atoms with Crippen molar-refractivity contribution in [2.45, 2.75) is 59.2 Å². The van der Waals surface area contributed by atoms with Crippen molar-refractivity contribution in [1.29, 1.82) is 5.26 Å². The molecule has 60 heavy (non-hydrogen) atoms. The maximum Gasteiger partial charge on any atom is 0.316 e. The van der Waals surface area contributed by atoms with Gasteiger partial charge in [-0.3, -0.25) is 19.0 Å². The number of hydrogen-bond acceptors (Lipinski definition) is 11. The Kier molecular flexibility index (Phi) is 10.4. The summed E-state index contributed by atoms with van der Waals surface area (Å²) in [6.07, 6.45) is 6.67. The highest BCUT2D eigenvalue weighted by molar-refractivity contribution is 6.31. The zero-order chi connectivity index (χ0) is 42.5. The van der Waals surface area contributed by atoms with Crippen LogP contribution >= 0.6 is 11.6 Å². The molecule has 6 aromatic rings. The number of hydrogen-bond donors (Lipinski definition) is 3. The van der Waals surface area contributed by atoms with Crippen molar-refractivity contribution < 1.29 is 23.8 Å². The van der Waals surface area contributed by atoms with Crippen LogP contribution in [0.5, 0.6) is 17.5 Å². The van der Waals surface area contributed by atoms with Crippen LogP contribution in [0.1, 0.15) is 57.0 Å². The first kappa shape index (κ1) is 40.1. The second kappa shape index (κ2) is 15.5. The van der Waals surface area contributed by atoms with Crippen molar-refractivity contribution in [3.05, 3.63) is 89.5 Å². The second-order valence-electron chi connectivity index (χ2n) is 16.5. The van der Waals surface area contributed by atoms with Crippen molar-refractivity contribution in [2.24, 2.45) is 24.9 Å². The predicted octanol–water partition coefficient (Wildman–Crippen LogP) is 7.17. The van der Waals surface area contributed by atoms with Crippen molar-refractivity contribution >= 4 is 45.7 Å². The number of carbonyl (C=O) groups is 2. The Hall–Kier alpha value is -6.66. The molecule has 308 valence electrons. The van der Waals surface area contributed by atoms with Crippen LogP contribution in [-0.2, 0) is 18.9 Å². The normalized spacial score (nSPS) is 18.9. The molecular formula is C44H45ClN10O5. The third-order valence-electron chi connectivity index (χ3n) is 11.3. The Morgan fingerprint density at radius 3 is 2.43 bits per heavy atom. The average molecular weight is 829 g/mol. The van der Waals surface area contributed by atoms with E-state index in [9.17, 15) is 14.9 Å². The third kappa shape index (κ3) is 7.54.